The van der Waals surface area contributed by atoms with Crippen LogP contribution in [0.1, 0.15) is 55.3 Å². The van der Waals surface area contributed by atoms with Crippen LogP contribution in [0.25, 0.3) is 0 Å². The van der Waals surface area contributed by atoms with E-state index in [1.807, 2.05) is 0 Å². The SMILES string of the molecule is CCCC/C=C(/Br)[C@H](CCc1ccccc1)[C@H](NCc1ccccc1)c1ccccc1. The smallest absolute Gasteiger partial charge is 0.0397 e. The van der Waals surface area contributed by atoms with E-state index < -0.39 is 0 Å². The maximum Gasteiger partial charge on any atom is 0.0397 e. The zero-order valence-corrected chi connectivity index (χ0v) is 20.1. The van der Waals surface area contributed by atoms with Crippen LogP contribution in [0.3, 0.4) is 0 Å². The lowest BCUT2D eigenvalue weighted by Gasteiger charge is -2.29. The van der Waals surface area contributed by atoms with Crippen LogP contribution < -0.4 is 5.32 Å². The number of halogens is 1. The van der Waals surface area contributed by atoms with E-state index in [-0.39, 0.29) is 6.04 Å². The van der Waals surface area contributed by atoms with Crippen LogP contribution in [-0.2, 0) is 13.0 Å². The Morgan fingerprint density at radius 2 is 1.42 bits per heavy atom. The van der Waals surface area contributed by atoms with Gasteiger partial charge in [0.2, 0.25) is 0 Å². The van der Waals surface area contributed by atoms with Gasteiger partial charge in [0.25, 0.3) is 0 Å². The van der Waals surface area contributed by atoms with E-state index in [0.717, 1.165) is 25.8 Å². The van der Waals surface area contributed by atoms with E-state index in [4.69, 9.17) is 0 Å². The molecule has 162 valence electrons. The number of rotatable bonds is 12. The molecule has 0 saturated heterocycles. The van der Waals surface area contributed by atoms with Gasteiger partial charge in [-0.1, -0.05) is 133 Å². The molecule has 0 aliphatic carbocycles. The van der Waals surface area contributed by atoms with Gasteiger partial charge in [0.15, 0.2) is 0 Å². The first-order chi connectivity index (χ1) is 15.3. The minimum atomic E-state index is 0.248. The van der Waals surface area contributed by atoms with Gasteiger partial charge in [-0.2, -0.15) is 0 Å². The van der Waals surface area contributed by atoms with E-state index in [2.05, 4.69) is 125 Å². The van der Waals surface area contributed by atoms with Crippen LogP contribution in [0.2, 0.25) is 0 Å². The molecule has 2 heteroatoms. The van der Waals surface area contributed by atoms with Crippen LogP contribution in [0.15, 0.2) is 102 Å². The Morgan fingerprint density at radius 3 is 2.03 bits per heavy atom. The molecule has 3 aromatic rings. The summed E-state index contributed by atoms with van der Waals surface area (Å²) in [5, 5.41) is 3.89. The molecule has 0 aromatic heterocycles. The Morgan fingerprint density at radius 1 is 0.839 bits per heavy atom. The highest BCUT2D eigenvalue weighted by molar-refractivity contribution is 9.11. The summed E-state index contributed by atoms with van der Waals surface area (Å²) < 4.78 is 1.33. The molecule has 0 aliphatic heterocycles. The Labute approximate surface area is 196 Å². The molecule has 0 saturated carbocycles. The second-order valence-electron chi connectivity index (χ2n) is 8.12. The number of hydrogen-bond acceptors (Lipinski definition) is 1. The molecule has 0 amide bonds. The Kier molecular flexibility index (Phi) is 10.1. The standard InChI is InChI=1S/C29H34BrN/c1-2-3-7-20-28(30)27(22-21-24-14-8-4-9-15-24)29(26-18-12-6-13-19-26)31-23-25-16-10-5-11-17-25/h4-6,8-20,27,29,31H,2-3,7,21-23H2,1H3/b28-20+/t27-,29+/m0/s1. The zero-order chi connectivity index (χ0) is 21.7. The highest BCUT2D eigenvalue weighted by Crippen LogP contribution is 2.36. The Bertz CT molecular complexity index is 890. The third-order valence-corrected chi connectivity index (χ3v) is 6.68. The topological polar surface area (TPSA) is 12.0 Å². The van der Waals surface area contributed by atoms with Gasteiger partial charge in [0.1, 0.15) is 0 Å². The fourth-order valence-electron chi connectivity index (χ4n) is 4.00. The number of hydrogen-bond donors (Lipinski definition) is 1. The molecule has 0 unspecified atom stereocenters. The Hall–Kier alpha value is -2.16. The summed E-state index contributed by atoms with van der Waals surface area (Å²) in [7, 11) is 0. The molecule has 3 aromatic carbocycles. The first-order valence-electron chi connectivity index (χ1n) is 11.5. The van der Waals surface area contributed by atoms with Crippen molar-refractivity contribution >= 4 is 15.9 Å². The highest BCUT2D eigenvalue weighted by Gasteiger charge is 2.25. The van der Waals surface area contributed by atoms with Gasteiger partial charge in [0, 0.05) is 18.5 Å². The van der Waals surface area contributed by atoms with Crippen molar-refractivity contribution in [2.24, 2.45) is 5.92 Å². The summed E-state index contributed by atoms with van der Waals surface area (Å²) in [5.41, 5.74) is 4.06. The van der Waals surface area contributed by atoms with Crippen molar-refractivity contribution in [1.82, 2.24) is 5.32 Å². The van der Waals surface area contributed by atoms with Crippen molar-refractivity contribution in [2.45, 2.75) is 51.6 Å². The monoisotopic (exact) mass is 475 g/mol. The molecule has 2 atom stereocenters. The van der Waals surface area contributed by atoms with E-state index in [1.54, 1.807) is 0 Å². The summed E-state index contributed by atoms with van der Waals surface area (Å²) in [4.78, 5) is 0. The average Bonchev–Trinajstić information content (AvgIpc) is 2.83. The number of benzene rings is 3. The summed E-state index contributed by atoms with van der Waals surface area (Å²) in [5.74, 6) is 0.378. The molecular weight excluding hydrogens is 442 g/mol. The Balaban J connectivity index is 1.85. The van der Waals surface area contributed by atoms with Crippen molar-refractivity contribution in [2.75, 3.05) is 0 Å². The summed E-state index contributed by atoms with van der Waals surface area (Å²) in [6.07, 6.45) is 8.14. The maximum atomic E-state index is 3.99. The first-order valence-corrected chi connectivity index (χ1v) is 12.3. The minimum absolute atomic E-state index is 0.248. The lowest BCUT2D eigenvalue weighted by Crippen LogP contribution is -2.29. The van der Waals surface area contributed by atoms with Crippen molar-refractivity contribution in [3.05, 3.63) is 118 Å². The van der Waals surface area contributed by atoms with Gasteiger partial charge >= 0.3 is 0 Å². The fourth-order valence-corrected chi connectivity index (χ4v) is 4.72. The molecule has 0 spiro atoms. The van der Waals surface area contributed by atoms with Crippen molar-refractivity contribution in [1.29, 1.82) is 0 Å². The van der Waals surface area contributed by atoms with E-state index in [1.165, 1.54) is 34.0 Å². The minimum Gasteiger partial charge on any atom is -0.305 e. The van der Waals surface area contributed by atoms with Gasteiger partial charge in [-0.15, -0.1) is 0 Å². The lowest BCUT2D eigenvalue weighted by molar-refractivity contribution is 0.394. The molecule has 0 heterocycles. The van der Waals surface area contributed by atoms with Gasteiger partial charge in [-0.3, -0.25) is 0 Å². The molecule has 0 radical (unpaired) electrons. The lowest BCUT2D eigenvalue weighted by atomic mass is 9.87. The normalized spacial score (nSPS) is 13.7. The molecule has 0 aliphatic rings. The molecular formula is C29H34BrN. The van der Waals surface area contributed by atoms with Crippen molar-refractivity contribution in [3.8, 4) is 0 Å². The van der Waals surface area contributed by atoms with Crippen LogP contribution in [0, 0.1) is 5.92 Å². The predicted octanol–water partition coefficient (Wildman–Crippen LogP) is 8.24. The van der Waals surface area contributed by atoms with Gasteiger partial charge in [0.05, 0.1) is 0 Å². The zero-order valence-electron chi connectivity index (χ0n) is 18.5. The van der Waals surface area contributed by atoms with Crippen LogP contribution in [0.5, 0.6) is 0 Å². The summed E-state index contributed by atoms with van der Waals surface area (Å²) in [6, 6.07) is 32.7. The summed E-state index contributed by atoms with van der Waals surface area (Å²) in [6.45, 7) is 3.11. The largest absolute Gasteiger partial charge is 0.305 e. The second kappa shape index (κ2) is 13.3. The fraction of sp³-hybridized carbons (Fsp3) is 0.310. The molecule has 31 heavy (non-hydrogen) atoms. The van der Waals surface area contributed by atoms with E-state index >= 15 is 0 Å². The van der Waals surface area contributed by atoms with E-state index in [0.29, 0.717) is 5.92 Å². The highest BCUT2D eigenvalue weighted by atomic mass is 79.9. The second-order valence-corrected chi connectivity index (χ2v) is 9.03. The van der Waals surface area contributed by atoms with Crippen LogP contribution >= 0.6 is 15.9 Å². The third kappa shape index (κ3) is 7.79. The molecule has 0 bridgehead atoms. The molecule has 3 rings (SSSR count). The van der Waals surface area contributed by atoms with Gasteiger partial charge in [-0.25, -0.2) is 0 Å². The maximum absolute atomic E-state index is 3.99. The quantitative estimate of drug-likeness (QED) is 0.260. The number of unbranched alkanes of at least 4 members (excludes halogenated alkanes) is 2. The van der Waals surface area contributed by atoms with Crippen molar-refractivity contribution in [3.63, 3.8) is 0 Å². The number of nitrogens with one attached hydrogen (secondary N) is 1. The van der Waals surface area contributed by atoms with E-state index in [9.17, 15) is 0 Å². The predicted molar refractivity (Wildman–Crippen MR) is 137 cm³/mol. The molecule has 0 fully saturated rings. The molecule has 1 nitrogen and oxygen atoms in total. The third-order valence-electron chi connectivity index (χ3n) is 5.77. The number of aryl methyl sites for hydroxylation is 1. The van der Waals surface area contributed by atoms with Crippen LogP contribution in [-0.4, -0.2) is 0 Å². The van der Waals surface area contributed by atoms with Gasteiger partial charge < -0.3 is 5.32 Å². The van der Waals surface area contributed by atoms with Crippen molar-refractivity contribution < 1.29 is 0 Å². The average molecular weight is 477 g/mol. The summed E-state index contributed by atoms with van der Waals surface area (Å²) >= 11 is 3.99. The van der Waals surface area contributed by atoms with Gasteiger partial charge in [-0.05, 0) is 40.4 Å². The van der Waals surface area contributed by atoms with Crippen LogP contribution in [0.4, 0.5) is 0 Å². The first kappa shape index (κ1) is 23.5. The molecule has 1 N–H and O–H groups in total. The number of allylic oxidation sites excluding steroid dienone is 1.